The highest BCUT2D eigenvalue weighted by Gasteiger charge is 2.23. The summed E-state index contributed by atoms with van der Waals surface area (Å²) in [4.78, 5) is 11.6. The van der Waals surface area contributed by atoms with Gasteiger partial charge in [-0.15, -0.1) is 0 Å². The van der Waals surface area contributed by atoms with Gasteiger partial charge in [0.15, 0.2) is 0 Å². The summed E-state index contributed by atoms with van der Waals surface area (Å²) >= 11 is 2.20. The van der Waals surface area contributed by atoms with Crippen molar-refractivity contribution in [1.82, 2.24) is 10.6 Å². The average molecular weight is 518 g/mol. The van der Waals surface area contributed by atoms with Gasteiger partial charge in [0, 0.05) is 35.8 Å². The number of hydrogen-bond acceptors (Lipinski definition) is 4. The second-order valence-electron chi connectivity index (χ2n) is 6.88. The fourth-order valence-electron chi connectivity index (χ4n) is 3.17. The number of nitrogens with one attached hydrogen (secondary N) is 2. The molecule has 5 nitrogen and oxygen atoms in total. The molecule has 0 aliphatic carbocycles. The predicted octanol–water partition coefficient (Wildman–Crippen LogP) is 2.69. The normalized spacial score (nSPS) is 14.3. The zero-order valence-electron chi connectivity index (χ0n) is 16.0. The van der Waals surface area contributed by atoms with Crippen molar-refractivity contribution in [3.05, 3.63) is 68.8 Å². The van der Waals surface area contributed by atoms with E-state index in [1.807, 2.05) is 24.3 Å². The average Bonchev–Trinajstić information content (AvgIpc) is 2.63. The maximum absolute atomic E-state index is 13.5. The van der Waals surface area contributed by atoms with E-state index < -0.39 is 23.8 Å². The molecule has 1 amide bonds. The lowest BCUT2D eigenvalue weighted by Gasteiger charge is -2.27. The molecule has 2 aromatic carbocycles. The van der Waals surface area contributed by atoms with E-state index in [4.69, 9.17) is 0 Å². The summed E-state index contributed by atoms with van der Waals surface area (Å²) in [6.45, 7) is 1.41. The smallest absolute Gasteiger partial charge is 0.217 e. The van der Waals surface area contributed by atoms with Crippen LogP contribution in [0.3, 0.4) is 0 Å². The number of rotatable bonds is 10. The third kappa shape index (κ3) is 7.96. The van der Waals surface area contributed by atoms with Gasteiger partial charge in [-0.25, -0.2) is 8.78 Å². The summed E-state index contributed by atoms with van der Waals surface area (Å²) in [7, 11) is 0. The van der Waals surface area contributed by atoms with Gasteiger partial charge >= 0.3 is 0 Å². The van der Waals surface area contributed by atoms with Gasteiger partial charge in [-0.1, -0.05) is 12.1 Å². The first kappa shape index (κ1) is 23.7. The Balaban J connectivity index is 2.09. The molecule has 0 heterocycles. The topological polar surface area (TPSA) is 81.6 Å². The summed E-state index contributed by atoms with van der Waals surface area (Å²) < 4.78 is 28.0. The first-order valence-electron chi connectivity index (χ1n) is 9.28. The maximum atomic E-state index is 13.5. The highest BCUT2D eigenvalue weighted by molar-refractivity contribution is 14.1. The van der Waals surface area contributed by atoms with Crippen LogP contribution in [0.15, 0.2) is 42.5 Å². The molecular formula is C21H25F2IN2O3. The molecule has 1 unspecified atom stereocenters. The second kappa shape index (κ2) is 11.5. The molecule has 158 valence electrons. The highest BCUT2D eigenvalue weighted by atomic mass is 127. The van der Waals surface area contributed by atoms with Gasteiger partial charge in [-0.05, 0) is 70.8 Å². The van der Waals surface area contributed by atoms with Crippen LogP contribution in [0.4, 0.5) is 8.78 Å². The van der Waals surface area contributed by atoms with Gasteiger partial charge in [0.2, 0.25) is 5.91 Å². The number of carbonyl (C=O) groups excluding carboxylic acids is 1. The molecule has 0 saturated heterocycles. The summed E-state index contributed by atoms with van der Waals surface area (Å²) in [6, 6.07) is 10.0. The van der Waals surface area contributed by atoms with Gasteiger partial charge in [0.1, 0.15) is 11.6 Å². The first-order valence-corrected chi connectivity index (χ1v) is 10.4. The number of halogens is 3. The van der Waals surface area contributed by atoms with Crippen LogP contribution in [0.5, 0.6) is 0 Å². The molecule has 0 radical (unpaired) electrons. The fraction of sp³-hybridized carbons (Fsp3) is 0.381. The number of aliphatic hydroxyl groups excluding tert-OH is 2. The highest BCUT2D eigenvalue weighted by Crippen LogP contribution is 2.19. The zero-order chi connectivity index (χ0) is 21.4. The molecule has 0 aromatic heterocycles. The van der Waals surface area contributed by atoms with Crippen LogP contribution in [0, 0.1) is 15.2 Å². The van der Waals surface area contributed by atoms with Crippen molar-refractivity contribution in [2.45, 2.75) is 38.0 Å². The largest absolute Gasteiger partial charge is 0.396 e. The maximum Gasteiger partial charge on any atom is 0.217 e. The quantitative estimate of drug-likeness (QED) is 0.365. The minimum Gasteiger partial charge on any atom is -0.396 e. The number of carbonyl (C=O) groups is 1. The van der Waals surface area contributed by atoms with Crippen molar-refractivity contribution in [3.8, 4) is 0 Å². The van der Waals surface area contributed by atoms with E-state index in [1.54, 1.807) is 0 Å². The summed E-state index contributed by atoms with van der Waals surface area (Å²) in [6.07, 6.45) is -0.480. The standard InChI is InChI=1S/C21H25F2IN2O3/c1-13(28)26-20(9-14-7-16(22)11-17(23)8-14)21(29)12-25-19(5-6-27)15-3-2-4-18(24)10-15/h2-4,7-8,10-11,19-21,25,27,29H,5-6,9,12H2,1H3,(H,26,28)/t19?,20-,21+/m0/s1. The third-order valence-corrected chi connectivity index (χ3v) is 5.14. The summed E-state index contributed by atoms with van der Waals surface area (Å²) in [5.41, 5.74) is 1.31. The van der Waals surface area contributed by atoms with E-state index in [9.17, 15) is 23.8 Å². The van der Waals surface area contributed by atoms with E-state index in [1.165, 1.54) is 19.1 Å². The third-order valence-electron chi connectivity index (χ3n) is 4.47. The second-order valence-corrected chi connectivity index (χ2v) is 8.13. The Kier molecular flexibility index (Phi) is 9.41. The summed E-state index contributed by atoms with van der Waals surface area (Å²) in [5.74, 6) is -1.78. The molecule has 29 heavy (non-hydrogen) atoms. The van der Waals surface area contributed by atoms with E-state index in [0.717, 1.165) is 15.2 Å². The summed E-state index contributed by atoms with van der Waals surface area (Å²) in [5, 5.41) is 25.9. The number of benzene rings is 2. The molecule has 0 aliphatic heterocycles. The lowest BCUT2D eigenvalue weighted by atomic mass is 9.99. The van der Waals surface area contributed by atoms with Crippen molar-refractivity contribution in [2.24, 2.45) is 0 Å². The number of hydrogen-bond donors (Lipinski definition) is 4. The van der Waals surface area contributed by atoms with E-state index >= 15 is 0 Å². The Labute approximate surface area is 182 Å². The molecule has 0 fully saturated rings. The molecule has 8 heteroatoms. The lowest BCUT2D eigenvalue weighted by molar-refractivity contribution is -0.120. The molecule has 2 rings (SSSR count). The minimum atomic E-state index is -1.01. The Morgan fingerprint density at radius 3 is 2.45 bits per heavy atom. The lowest BCUT2D eigenvalue weighted by Crippen LogP contribution is -2.48. The van der Waals surface area contributed by atoms with Crippen LogP contribution in [0.2, 0.25) is 0 Å². The predicted molar refractivity (Wildman–Crippen MR) is 115 cm³/mol. The van der Waals surface area contributed by atoms with Crippen molar-refractivity contribution in [3.63, 3.8) is 0 Å². The van der Waals surface area contributed by atoms with Gasteiger partial charge in [0.25, 0.3) is 0 Å². The molecule has 4 N–H and O–H groups in total. The van der Waals surface area contributed by atoms with Gasteiger partial charge in [-0.3, -0.25) is 4.79 Å². The van der Waals surface area contributed by atoms with Crippen LogP contribution in [-0.4, -0.2) is 41.4 Å². The monoisotopic (exact) mass is 518 g/mol. The molecule has 0 aliphatic rings. The Morgan fingerprint density at radius 1 is 1.17 bits per heavy atom. The van der Waals surface area contributed by atoms with Gasteiger partial charge in [0.05, 0.1) is 12.1 Å². The van der Waals surface area contributed by atoms with Crippen LogP contribution >= 0.6 is 22.6 Å². The van der Waals surface area contributed by atoms with Crippen LogP contribution in [-0.2, 0) is 11.2 Å². The molecule has 0 spiro atoms. The molecule has 2 aromatic rings. The Morgan fingerprint density at radius 2 is 1.86 bits per heavy atom. The Bertz CT molecular complexity index is 802. The minimum absolute atomic E-state index is 0.0308. The molecular weight excluding hydrogens is 493 g/mol. The first-order chi connectivity index (χ1) is 13.8. The zero-order valence-corrected chi connectivity index (χ0v) is 18.2. The van der Waals surface area contributed by atoms with E-state index in [2.05, 4.69) is 33.2 Å². The van der Waals surface area contributed by atoms with Gasteiger partial charge in [-0.2, -0.15) is 0 Å². The Hall–Kier alpha value is -1.62. The molecule has 3 atom stereocenters. The molecule has 0 saturated carbocycles. The SMILES string of the molecule is CC(=O)N[C@@H](Cc1cc(F)cc(F)c1)[C@H](O)CNC(CCO)c1cccc(I)c1. The fourth-order valence-corrected chi connectivity index (χ4v) is 3.74. The van der Waals surface area contributed by atoms with Crippen LogP contribution < -0.4 is 10.6 Å². The van der Waals surface area contributed by atoms with Gasteiger partial charge < -0.3 is 20.8 Å². The van der Waals surface area contributed by atoms with E-state index in [0.29, 0.717) is 12.0 Å². The van der Waals surface area contributed by atoms with Crippen molar-refractivity contribution in [1.29, 1.82) is 0 Å². The van der Waals surface area contributed by atoms with Crippen molar-refractivity contribution in [2.75, 3.05) is 13.2 Å². The van der Waals surface area contributed by atoms with E-state index in [-0.39, 0.29) is 31.5 Å². The number of aliphatic hydroxyl groups is 2. The van der Waals surface area contributed by atoms with Crippen molar-refractivity contribution < 1.29 is 23.8 Å². The van der Waals surface area contributed by atoms with Crippen molar-refractivity contribution >= 4 is 28.5 Å². The van der Waals surface area contributed by atoms with Crippen LogP contribution in [0.25, 0.3) is 0 Å². The van der Waals surface area contributed by atoms with Crippen LogP contribution in [0.1, 0.15) is 30.5 Å². The number of amides is 1. The molecule has 0 bridgehead atoms.